The maximum atomic E-state index is 13.7. The number of nitrogens with one attached hydrogen (secondary N) is 3. The second-order valence-corrected chi connectivity index (χ2v) is 4.75. The minimum absolute atomic E-state index is 0.0787. The summed E-state index contributed by atoms with van der Waals surface area (Å²) >= 11 is 0. The van der Waals surface area contributed by atoms with E-state index in [2.05, 4.69) is 16.0 Å². The lowest BCUT2D eigenvalue weighted by Crippen LogP contribution is -2.31. The second kappa shape index (κ2) is 7.35. The molecule has 0 aliphatic carbocycles. The summed E-state index contributed by atoms with van der Waals surface area (Å²) in [5.41, 5.74) is 0.927. The zero-order valence-corrected chi connectivity index (χ0v) is 12.3. The van der Waals surface area contributed by atoms with Gasteiger partial charge in [0, 0.05) is 13.0 Å². The molecule has 0 saturated carbocycles. The molecule has 120 valence electrons. The highest BCUT2D eigenvalue weighted by Gasteiger charge is 2.09. The Morgan fingerprint density at radius 3 is 2.35 bits per heavy atom. The standard InChI is InChI=1S/C16H15F2N3O2/c1-10(22)19-9-16(23)21-15-5-3-2-4-14(15)20-13-7-6-11(17)8-12(13)18/h2-8,20H,9H2,1H3,(H,19,22)(H,21,23). The van der Waals surface area contributed by atoms with Crippen LogP contribution in [0.3, 0.4) is 0 Å². The molecule has 5 nitrogen and oxygen atoms in total. The van der Waals surface area contributed by atoms with Gasteiger partial charge < -0.3 is 16.0 Å². The summed E-state index contributed by atoms with van der Waals surface area (Å²) in [5.74, 6) is -2.16. The summed E-state index contributed by atoms with van der Waals surface area (Å²) in [6, 6.07) is 9.81. The van der Waals surface area contributed by atoms with E-state index in [0.29, 0.717) is 11.4 Å². The average molecular weight is 319 g/mol. The Morgan fingerprint density at radius 1 is 1.00 bits per heavy atom. The van der Waals surface area contributed by atoms with Crippen molar-refractivity contribution in [2.24, 2.45) is 0 Å². The molecule has 2 aromatic rings. The van der Waals surface area contributed by atoms with Crippen LogP contribution in [-0.4, -0.2) is 18.4 Å². The van der Waals surface area contributed by atoms with Gasteiger partial charge in [0.1, 0.15) is 11.6 Å². The number of benzene rings is 2. The van der Waals surface area contributed by atoms with Crippen molar-refractivity contribution in [2.45, 2.75) is 6.92 Å². The number of hydrogen-bond acceptors (Lipinski definition) is 3. The van der Waals surface area contributed by atoms with Gasteiger partial charge in [-0.2, -0.15) is 0 Å². The molecule has 7 heteroatoms. The SMILES string of the molecule is CC(=O)NCC(=O)Nc1ccccc1Nc1ccc(F)cc1F. The summed E-state index contributed by atoms with van der Waals surface area (Å²) in [6.45, 7) is 1.13. The average Bonchev–Trinajstić information content (AvgIpc) is 2.50. The van der Waals surface area contributed by atoms with Crippen molar-refractivity contribution in [3.05, 3.63) is 54.1 Å². The molecule has 23 heavy (non-hydrogen) atoms. The van der Waals surface area contributed by atoms with Crippen LogP contribution in [0.5, 0.6) is 0 Å². The molecule has 0 heterocycles. The maximum absolute atomic E-state index is 13.7. The van der Waals surface area contributed by atoms with Crippen LogP contribution in [0.1, 0.15) is 6.92 Å². The molecular weight excluding hydrogens is 304 g/mol. The molecule has 0 spiro atoms. The zero-order chi connectivity index (χ0) is 16.8. The van der Waals surface area contributed by atoms with E-state index < -0.39 is 17.5 Å². The van der Waals surface area contributed by atoms with Gasteiger partial charge in [0.2, 0.25) is 11.8 Å². The van der Waals surface area contributed by atoms with Gasteiger partial charge in [-0.25, -0.2) is 8.78 Å². The Morgan fingerprint density at radius 2 is 1.70 bits per heavy atom. The van der Waals surface area contributed by atoms with Gasteiger partial charge in [-0.15, -0.1) is 0 Å². The van der Waals surface area contributed by atoms with Crippen LogP contribution < -0.4 is 16.0 Å². The molecule has 0 unspecified atom stereocenters. The number of hydrogen-bond donors (Lipinski definition) is 3. The van der Waals surface area contributed by atoms with Crippen molar-refractivity contribution in [1.82, 2.24) is 5.32 Å². The summed E-state index contributed by atoms with van der Waals surface area (Å²) in [5, 5.41) is 7.78. The number of carbonyl (C=O) groups excluding carboxylic acids is 2. The summed E-state index contributed by atoms with van der Waals surface area (Å²) in [4.78, 5) is 22.6. The number of halogens is 2. The number of para-hydroxylation sites is 2. The van der Waals surface area contributed by atoms with Gasteiger partial charge in [-0.1, -0.05) is 12.1 Å². The topological polar surface area (TPSA) is 70.2 Å². The summed E-state index contributed by atoms with van der Waals surface area (Å²) in [7, 11) is 0. The van der Waals surface area contributed by atoms with Crippen molar-refractivity contribution in [3.63, 3.8) is 0 Å². The molecule has 0 saturated heterocycles. The van der Waals surface area contributed by atoms with E-state index in [1.807, 2.05) is 0 Å². The normalized spacial score (nSPS) is 10.0. The fourth-order valence-corrected chi connectivity index (χ4v) is 1.84. The van der Waals surface area contributed by atoms with E-state index in [-0.39, 0.29) is 18.1 Å². The fourth-order valence-electron chi connectivity index (χ4n) is 1.84. The van der Waals surface area contributed by atoms with E-state index >= 15 is 0 Å². The van der Waals surface area contributed by atoms with E-state index in [9.17, 15) is 18.4 Å². The largest absolute Gasteiger partial charge is 0.351 e. The molecule has 0 aliphatic rings. The molecule has 2 rings (SSSR count). The molecular formula is C16H15F2N3O2. The van der Waals surface area contributed by atoms with Gasteiger partial charge >= 0.3 is 0 Å². The van der Waals surface area contributed by atoms with Crippen LogP contribution in [0.2, 0.25) is 0 Å². The number of rotatable bonds is 5. The van der Waals surface area contributed by atoms with Crippen molar-refractivity contribution < 1.29 is 18.4 Å². The van der Waals surface area contributed by atoms with Crippen LogP contribution in [0.15, 0.2) is 42.5 Å². The predicted molar refractivity (Wildman–Crippen MR) is 83.4 cm³/mol. The first-order chi connectivity index (χ1) is 11.0. The smallest absolute Gasteiger partial charge is 0.243 e. The fraction of sp³-hybridized carbons (Fsp3) is 0.125. The summed E-state index contributed by atoms with van der Waals surface area (Å²) < 4.78 is 26.6. The molecule has 0 bridgehead atoms. The number of carbonyl (C=O) groups is 2. The van der Waals surface area contributed by atoms with E-state index in [0.717, 1.165) is 12.1 Å². The van der Waals surface area contributed by atoms with Gasteiger partial charge in [0.15, 0.2) is 0 Å². The first-order valence-corrected chi connectivity index (χ1v) is 6.81. The highest BCUT2D eigenvalue weighted by atomic mass is 19.1. The molecule has 0 radical (unpaired) electrons. The minimum Gasteiger partial charge on any atom is -0.351 e. The molecule has 2 amide bonds. The lowest BCUT2D eigenvalue weighted by Gasteiger charge is -2.13. The van der Waals surface area contributed by atoms with Crippen LogP contribution in [0, 0.1) is 11.6 Å². The first kappa shape index (κ1) is 16.4. The Hall–Kier alpha value is -2.96. The number of anilines is 3. The third kappa shape index (κ3) is 4.77. The second-order valence-electron chi connectivity index (χ2n) is 4.75. The molecule has 0 aliphatic heterocycles. The van der Waals surface area contributed by atoms with Crippen LogP contribution in [-0.2, 0) is 9.59 Å². The van der Waals surface area contributed by atoms with Crippen LogP contribution in [0.4, 0.5) is 25.8 Å². The van der Waals surface area contributed by atoms with Crippen molar-refractivity contribution in [1.29, 1.82) is 0 Å². The zero-order valence-electron chi connectivity index (χ0n) is 12.3. The van der Waals surface area contributed by atoms with Gasteiger partial charge in [-0.05, 0) is 24.3 Å². The monoisotopic (exact) mass is 319 g/mol. The Kier molecular flexibility index (Phi) is 5.24. The summed E-state index contributed by atoms with van der Waals surface area (Å²) in [6.07, 6.45) is 0. The van der Waals surface area contributed by atoms with E-state index in [4.69, 9.17) is 0 Å². The van der Waals surface area contributed by atoms with Gasteiger partial charge in [-0.3, -0.25) is 9.59 Å². The van der Waals surface area contributed by atoms with Crippen molar-refractivity contribution in [3.8, 4) is 0 Å². The Labute approximate surface area is 131 Å². The Bertz CT molecular complexity index is 735. The highest BCUT2D eigenvalue weighted by molar-refractivity contribution is 5.97. The lowest BCUT2D eigenvalue weighted by atomic mass is 10.2. The molecule has 2 aromatic carbocycles. The molecule has 0 aromatic heterocycles. The van der Waals surface area contributed by atoms with Gasteiger partial charge in [0.05, 0.1) is 23.6 Å². The van der Waals surface area contributed by atoms with Crippen LogP contribution >= 0.6 is 0 Å². The Balaban J connectivity index is 2.14. The first-order valence-electron chi connectivity index (χ1n) is 6.81. The van der Waals surface area contributed by atoms with E-state index in [1.165, 1.54) is 13.0 Å². The number of amides is 2. The van der Waals surface area contributed by atoms with E-state index in [1.54, 1.807) is 24.3 Å². The van der Waals surface area contributed by atoms with Crippen molar-refractivity contribution in [2.75, 3.05) is 17.2 Å². The predicted octanol–water partition coefficient (Wildman–Crippen LogP) is 2.78. The quantitative estimate of drug-likeness (QED) is 0.793. The molecule has 0 atom stereocenters. The lowest BCUT2D eigenvalue weighted by molar-refractivity contribution is -0.122. The molecule has 3 N–H and O–H groups in total. The maximum Gasteiger partial charge on any atom is 0.243 e. The third-order valence-corrected chi connectivity index (χ3v) is 2.90. The minimum atomic E-state index is -0.746. The highest BCUT2D eigenvalue weighted by Crippen LogP contribution is 2.26. The van der Waals surface area contributed by atoms with Crippen molar-refractivity contribution >= 4 is 28.9 Å². The molecule has 0 fully saturated rings. The van der Waals surface area contributed by atoms with Gasteiger partial charge in [0.25, 0.3) is 0 Å². The third-order valence-electron chi connectivity index (χ3n) is 2.90. The van der Waals surface area contributed by atoms with Crippen LogP contribution in [0.25, 0.3) is 0 Å².